The molecule has 0 unspecified atom stereocenters. The van der Waals surface area contributed by atoms with Gasteiger partial charge in [0, 0.05) is 13.2 Å². The zero-order chi connectivity index (χ0) is 20.1. The molecule has 1 N–H and O–H groups in total. The Morgan fingerprint density at radius 3 is 2.62 bits per heavy atom. The Morgan fingerprint density at radius 2 is 1.90 bits per heavy atom. The lowest BCUT2D eigenvalue weighted by Gasteiger charge is -2.40. The van der Waals surface area contributed by atoms with Crippen molar-refractivity contribution in [3.05, 3.63) is 48.0 Å². The lowest BCUT2D eigenvalue weighted by molar-refractivity contribution is 0.0243. The molecule has 4 rings (SSSR count). The van der Waals surface area contributed by atoms with E-state index in [1.165, 1.54) is 0 Å². The molecule has 2 aromatic rings. The molecule has 1 fully saturated rings. The molecule has 29 heavy (non-hydrogen) atoms. The minimum absolute atomic E-state index is 0.0577. The summed E-state index contributed by atoms with van der Waals surface area (Å²) in [6.45, 7) is 3.80. The number of likely N-dealkylation sites (tertiary alicyclic amines) is 1. The van der Waals surface area contributed by atoms with Gasteiger partial charge in [-0.05, 0) is 67.6 Å². The highest BCUT2D eigenvalue weighted by molar-refractivity contribution is 5.55. The van der Waals surface area contributed by atoms with Crippen molar-refractivity contribution >= 4 is 0 Å². The Hall–Kier alpha value is -2.44. The zero-order valence-electron chi connectivity index (χ0n) is 16.9. The third kappa shape index (κ3) is 4.60. The minimum Gasteiger partial charge on any atom is -0.494 e. The van der Waals surface area contributed by atoms with Crippen molar-refractivity contribution in [2.45, 2.75) is 25.8 Å². The number of aliphatic hydroxyl groups is 1. The van der Waals surface area contributed by atoms with Crippen LogP contribution in [0.5, 0.6) is 23.0 Å². The summed E-state index contributed by atoms with van der Waals surface area (Å²) in [6.07, 6.45) is 2.79. The van der Waals surface area contributed by atoms with Gasteiger partial charge in [0.1, 0.15) is 5.75 Å². The van der Waals surface area contributed by atoms with Crippen LogP contribution in [0.2, 0.25) is 0 Å². The van der Waals surface area contributed by atoms with Gasteiger partial charge in [-0.2, -0.15) is 0 Å². The molecular formula is C23H29NO5. The molecule has 6 heteroatoms. The first-order chi connectivity index (χ1) is 14.2. The Kier molecular flexibility index (Phi) is 6.11. The van der Waals surface area contributed by atoms with Crippen molar-refractivity contribution in [3.63, 3.8) is 0 Å². The van der Waals surface area contributed by atoms with Gasteiger partial charge in [0.2, 0.25) is 12.5 Å². The van der Waals surface area contributed by atoms with E-state index in [1.807, 2.05) is 42.5 Å². The first-order valence-corrected chi connectivity index (χ1v) is 10.2. The van der Waals surface area contributed by atoms with Crippen LogP contribution >= 0.6 is 0 Å². The number of fused-ring (bicyclic) bond motifs is 1. The molecule has 0 saturated carbocycles. The van der Waals surface area contributed by atoms with Crippen LogP contribution in [0.15, 0.2) is 42.5 Å². The molecule has 2 aliphatic heterocycles. The van der Waals surface area contributed by atoms with Crippen molar-refractivity contribution in [1.29, 1.82) is 0 Å². The molecule has 2 aliphatic rings. The predicted molar refractivity (Wildman–Crippen MR) is 110 cm³/mol. The summed E-state index contributed by atoms with van der Waals surface area (Å²) in [7, 11) is 1.65. The maximum atomic E-state index is 10.1. The first kappa shape index (κ1) is 19.9. The molecule has 0 aromatic heterocycles. The number of aliphatic hydroxyl groups excluding tert-OH is 1. The molecule has 1 saturated heterocycles. The summed E-state index contributed by atoms with van der Waals surface area (Å²) in [4.78, 5) is 2.42. The highest BCUT2D eigenvalue weighted by atomic mass is 16.7. The summed E-state index contributed by atoms with van der Waals surface area (Å²) in [5.41, 5.74) is 1.09. The molecular weight excluding hydrogens is 370 g/mol. The van der Waals surface area contributed by atoms with Gasteiger partial charge in [-0.15, -0.1) is 0 Å². The Bertz CT molecular complexity index is 802. The van der Waals surface area contributed by atoms with Crippen molar-refractivity contribution < 1.29 is 24.1 Å². The topological polar surface area (TPSA) is 60.4 Å². The van der Waals surface area contributed by atoms with Gasteiger partial charge in [-0.25, -0.2) is 0 Å². The normalized spacial score (nSPS) is 17.9. The summed E-state index contributed by atoms with van der Waals surface area (Å²) >= 11 is 0. The Labute approximate surface area is 171 Å². The Balaban J connectivity index is 1.31. The number of nitrogens with zero attached hydrogens (tertiary/aromatic N) is 1. The number of hydrogen-bond donors (Lipinski definition) is 1. The van der Waals surface area contributed by atoms with Crippen LogP contribution in [0.25, 0.3) is 0 Å². The molecule has 0 aliphatic carbocycles. The molecule has 0 spiro atoms. The van der Waals surface area contributed by atoms with Gasteiger partial charge in [0.15, 0.2) is 11.5 Å². The molecule has 2 aromatic carbocycles. The van der Waals surface area contributed by atoms with E-state index in [1.54, 1.807) is 7.11 Å². The van der Waals surface area contributed by atoms with Gasteiger partial charge in [0.05, 0.1) is 13.7 Å². The number of ether oxygens (including phenoxy) is 4. The van der Waals surface area contributed by atoms with E-state index in [0.29, 0.717) is 12.4 Å². The summed E-state index contributed by atoms with van der Waals surface area (Å²) in [6, 6.07) is 13.9. The maximum absolute atomic E-state index is 10.1. The van der Waals surface area contributed by atoms with E-state index >= 15 is 0 Å². The average Bonchev–Trinajstić information content (AvgIpc) is 3.24. The number of methoxy groups -OCH3 is 1. The van der Waals surface area contributed by atoms with E-state index in [-0.39, 0.29) is 18.8 Å². The number of para-hydroxylation sites is 1. The molecule has 0 amide bonds. The van der Waals surface area contributed by atoms with E-state index in [4.69, 9.17) is 18.9 Å². The molecule has 0 radical (unpaired) electrons. The molecule has 0 bridgehead atoms. The van der Waals surface area contributed by atoms with Crippen LogP contribution in [0, 0.1) is 5.41 Å². The van der Waals surface area contributed by atoms with Crippen LogP contribution in [-0.4, -0.2) is 50.2 Å². The van der Waals surface area contributed by atoms with Crippen LogP contribution in [0.4, 0.5) is 0 Å². The van der Waals surface area contributed by atoms with Crippen molar-refractivity contribution in [2.24, 2.45) is 5.41 Å². The Morgan fingerprint density at radius 1 is 1.10 bits per heavy atom. The van der Waals surface area contributed by atoms with Gasteiger partial charge in [0.25, 0.3) is 0 Å². The zero-order valence-corrected chi connectivity index (χ0v) is 16.9. The molecule has 0 atom stereocenters. The van der Waals surface area contributed by atoms with Gasteiger partial charge < -0.3 is 24.1 Å². The third-order valence-electron chi connectivity index (χ3n) is 6.02. The number of piperidine rings is 1. The second-order valence-electron chi connectivity index (χ2n) is 7.88. The van der Waals surface area contributed by atoms with Gasteiger partial charge in [-0.1, -0.05) is 18.2 Å². The summed E-state index contributed by atoms with van der Waals surface area (Å²) in [5.74, 6) is 3.04. The number of rotatable bonds is 8. The van der Waals surface area contributed by atoms with Gasteiger partial charge >= 0.3 is 0 Å². The highest BCUT2D eigenvalue weighted by Gasteiger charge is 2.34. The number of benzene rings is 2. The third-order valence-corrected chi connectivity index (χ3v) is 6.02. The van der Waals surface area contributed by atoms with Crippen LogP contribution in [0.3, 0.4) is 0 Å². The second-order valence-corrected chi connectivity index (χ2v) is 7.88. The molecule has 156 valence electrons. The standard InChI is InChI=1S/C23H29NO5/c1-26-20-13-18(14-21-22(20)29-17-28-21)15-24-10-7-23(16-25,8-11-24)9-12-27-19-5-3-2-4-6-19/h2-6,13-14,25H,7-12,15-17H2,1H3. The minimum atomic E-state index is -0.0577. The van der Waals surface area contributed by atoms with Crippen molar-refractivity contribution in [2.75, 3.05) is 40.2 Å². The van der Waals surface area contributed by atoms with Crippen molar-refractivity contribution in [3.8, 4) is 23.0 Å². The monoisotopic (exact) mass is 399 g/mol. The van der Waals surface area contributed by atoms with E-state index < -0.39 is 0 Å². The fourth-order valence-corrected chi connectivity index (χ4v) is 4.11. The van der Waals surface area contributed by atoms with E-state index in [0.717, 1.165) is 61.7 Å². The lowest BCUT2D eigenvalue weighted by atomic mass is 9.76. The summed E-state index contributed by atoms with van der Waals surface area (Å²) in [5, 5.41) is 10.1. The van der Waals surface area contributed by atoms with Crippen LogP contribution in [-0.2, 0) is 6.54 Å². The molecule has 6 nitrogen and oxygen atoms in total. The molecule has 2 heterocycles. The smallest absolute Gasteiger partial charge is 0.231 e. The fraction of sp³-hybridized carbons (Fsp3) is 0.478. The SMILES string of the molecule is COc1cc(CN2CCC(CO)(CCOc3ccccc3)CC2)cc2c1OCO2. The average molecular weight is 399 g/mol. The first-order valence-electron chi connectivity index (χ1n) is 10.2. The van der Waals surface area contributed by atoms with Gasteiger partial charge in [-0.3, -0.25) is 4.90 Å². The van der Waals surface area contributed by atoms with Crippen molar-refractivity contribution in [1.82, 2.24) is 4.90 Å². The largest absolute Gasteiger partial charge is 0.494 e. The summed E-state index contributed by atoms with van der Waals surface area (Å²) < 4.78 is 22.3. The van der Waals surface area contributed by atoms with Crippen LogP contribution in [0.1, 0.15) is 24.8 Å². The highest BCUT2D eigenvalue weighted by Crippen LogP contribution is 2.42. The van der Waals surface area contributed by atoms with E-state index in [2.05, 4.69) is 4.90 Å². The second kappa shape index (κ2) is 8.93. The number of hydrogen-bond acceptors (Lipinski definition) is 6. The fourth-order valence-electron chi connectivity index (χ4n) is 4.11. The van der Waals surface area contributed by atoms with Crippen LogP contribution < -0.4 is 18.9 Å². The maximum Gasteiger partial charge on any atom is 0.231 e. The van der Waals surface area contributed by atoms with E-state index in [9.17, 15) is 5.11 Å². The lowest BCUT2D eigenvalue weighted by Crippen LogP contribution is -2.42. The quantitative estimate of drug-likeness (QED) is 0.734. The predicted octanol–water partition coefficient (Wildman–Crippen LogP) is 3.47.